The van der Waals surface area contributed by atoms with Gasteiger partial charge in [0.05, 0.1) is 9.95 Å². The molecule has 0 saturated carbocycles. The van der Waals surface area contributed by atoms with Crippen molar-refractivity contribution in [2.24, 2.45) is 5.84 Å². The van der Waals surface area contributed by atoms with Gasteiger partial charge in [-0.1, -0.05) is 12.1 Å². The summed E-state index contributed by atoms with van der Waals surface area (Å²) >= 11 is 1.52. The van der Waals surface area contributed by atoms with Gasteiger partial charge in [0.25, 0.3) is 5.69 Å². The first-order valence-corrected chi connectivity index (χ1v) is 7.31. The number of hydrogen-bond acceptors (Lipinski definition) is 6. The quantitative estimate of drug-likeness (QED) is 0.381. The highest BCUT2D eigenvalue weighted by Gasteiger charge is 2.16. The van der Waals surface area contributed by atoms with Crippen molar-refractivity contribution in [2.45, 2.75) is 24.6 Å². The number of nitrogens with two attached hydrogens (primary N) is 1. The van der Waals surface area contributed by atoms with Crippen LogP contribution in [0, 0.1) is 24.0 Å². The minimum absolute atomic E-state index is 0.0241. The van der Waals surface area contributed by atoms with E-state index in [1.165, 1.54) is 17.8 Å². The Hall–Kier alpha value is -2.12. The summed E-state index contributed by atoms with van der Waals surface area (Å²) in [6.07, 6.45) is 0. The summed E-state index contributed by atoms with van der Waals surface area (Å²) in [6.45, 7) is 3.95. The van der Waals surface area contributed by atoms with Crippen LogP contribution in [0.1, 0.15) is 16.8 Å². The van der Waals surface area contributed by atoms with Crippen LogP contribution in [0.25, 0.3) is 0 Å². The lowest BCUT2D eigenvalue weighted by atomic mass is 10.2. The van der Waals surface area contributed by atoms with E-state index in [9.17, 15) is 10.1 Å². The second-order valence-electron chi connectivity index (χ2n) is 4.63. The Bertz CT molecular complexity index is 656. The fraction of sp³-hybridized carbons (Fsp3) is 0.214. The number of nitrogens with one attached hydrogen (secondary N) is 1. The maximum atomic E-state index is 11.0. The predicted molar refractivity (Wildman–Crippen MR) is 84.2 cm³/mol. The Labute approximate surface area is 126 Å². The number of aryl methyl sites for hydroxylation is 2. The second kappa shape index (κ2) is 6.55. The SMILES string of the molecule is Cc1cc(C)nc(SCc2cccc([N+](=O)[O-])c2NN)c1. The molecule has 0 aliphatic heterocycles. The van der Waals surface area contributed by atoms with E-state index in [2.05, 4.69) is 10.4 Å². The standard InChI is InChI=1S/C14H16N4O2S/c1-9-6-10(2)16-13(7-9)21-8-11-4-3-5-12(18(19)20)14(11)17-15/h3-7,17H,8,15H2,1-2H3. The normalized spacial score (nSPS) is 10.4. The van der Waals surface area contributed by atoms with E-state index in [0.717, 1.165) is 21.8 Å². The molecule has 1 aromatic heterocycles. The van der Waals surface area contributed by atoms with Crippen LogP contribution in [0.5, 0.6) is 0 Å². The van der Waals surface area contributed by atoms with Crippen LogP contribution in [-0.4, -0.2) is 9.91 Å². The Morgan fingerprint density at radius 1 is 1.38 bits per heavy atom. The van der Waals surface area contributed by atoms with E-state index < -0.39 is 4.92 Å². The summed E-state index contributed by atoms with van der Waals surface area (Å²) < 4.78 is 0. The maximum absolute atomic E-state index is 11.0. The molecule has 0 aliphatic rings. The predicted octanol–water partition coefficient (Wildman–Crippen LogP) is 3.18. The molecule has 2 rings (SSSR count). The summed E-state index contributed by atoms with van der Waals surface area (Å²) in [4.78, 5) is 15.0. The lowest BCUT2D eigenvalue weighted by molar-refractivity contribution is -0.384. The third-order valence-corrected chi connectivity index (χ3v) is 3.88. The number of para-hydroxylation sites is 1. The van der Waals surface area contributed by atoms with Crippen molar-refractivity contribution in [3.8, 4) is 0 Å². The Kier molecular flexibility index (Phi) is 4.77. The number of thioether (sulfide) groups is 1. The van der Waals surface area contributed by atoms with Gasteiger partial charge < -0.3 is 5.43 Å². The summed E-state index contributed by atoms with van der Waals surface area (Å²) in [7, 11) is 0. The molecule has 3 N–H and O–H groups in total. The molecule has 0 aliphatic carbocycles. The summed E-state index contributed by atoms with van der Waals surface area (Å²) in [5, 5.41) is 11.9. The lowest BCUT2D eigenvalue weighted by Gasteiger charge is -2.09. The number of nitrogen functional groups attached to an aromatic ring is 1. The van der Waals surface area contributed by atoms with Gasteiger partial charge in [-0.2, -0.15) is 0 Å². The van der Waals surface area contributed by atoms with E-state index in [4.69, 9.17) is 5.84 Å². The topological polar surface area (TPSA) is 94.1 Å². The highest BCUT2D eigenvalue weighted by Crippen LogP contribution is 2.32. The van der Waals surface area contributed by atoms with Crippen LogP contribution in [0.3, 0.4) is 0 Å². The molecule has 0 fully saturated rings. The zero-order chi connectivity index (χ0) is 15.4. The van der Waals surface area contributed by atoms with Crippen molar-refractivity contribution in [2.75, 3.05) is 5.43 Å². The molecule has 0 bridgehead atoms. The van der Waals surface area contributed by atoms with E-state index in [-0.39, 0.29) is 5.69 Å². The fourth-order valence-electron chi connectivity index (χ4n) is 2.06. The lowest BCUT2D eigenvalue weighted by Crippen LogP contribution is -2.11. The Balaban J connectivity index is 2.23. The minimum Gasteiger partial charge on any atom is -0.318 e. The van der Waals surface area contributed by atoms with Crippen LogP contribution in [-0.2, 0) is 5.75 Å². The number of nitro groups is 1. The summed E-state index contributed by atoms with van der Waals surface area (Å²) in [5.74, 6) is 5.98. The van der Waals surface area contributed by atoms with Gasteiger partial charge in [-0.25, -0.2) is 4.98 Å². The number of pyridine rings is 1. The number of rotatable bonds is 5. The third-order valence-electron chi connectivity index (χ3n) is 2.92. The molecule has 0 unspecified atom stereocenters. The van der Waals surface area contributed by atoms with Gasteiger partial charge in [0.1, 0.15) is 5.69 Å². The van der Waals surface area contributed by atoms with Crippen molar-refractivity contribution >= 4 is 23.1 Å². The van der Waals surface area contributed by atoms with Gasteiger partial charge in [-0.05, 0) is 37.1 Å². The minimum atomic E-state index is -0.446. The molecule has 110 valence electrons. The summed E-state index contributed by atoms with van der Waals surface area (Å²) in [6, 6.07) is 8.90. The molecule has 0 atom stereocenters. The molecule has 1 aromatic carbocycles. The third kappa shape index (κ3) is 3.71. The smallest absolute Gasteiger partial charge is 0.293 e. The van der Waals surface area contributed by atoms with Crippen molar-refractivity contribution < 1.29 is 4.92 Å². The Morgan fingerprint density at radius 2 is 2.14 bits per heavy atom. The van der Waals surface area contributed by atoms with Crippen molar-refractivity contribution in [1.82, 2.24) is 4.98 Å². The Morgan fingerprint density at radius 3 is 2.76 bits per heavy atom. The molecule has 0 radical (unpaired) electrons. The van der Waals surface area contributed by atoms with Gasteiger partial charge in [0.15, 0.2) is 0 Å². The van der Waals surface area contributed by atoms with Gasteiger partial charge >= 0.3 is 0 Å². The first kappa shape index (κ1) is 15.3. The number of anilines is 1. The molecular weight excluding hydrogens is 288 g/mol. The molecule has 1 heterocycles. The molecular formula is C14H16N4O2S. The number of hydrazine groups is 1. The van der Waals surface area contributed by atoms with E-state index in [1.807, 2.05) is 32.0 Å². The second-order valence-corrected chi connectivity index (χ2v) is 5.62. The average Bonchev–Trinajstić information content (AvgIpc) is 2.43. The molecule has 7 heteroatoms. The fourth-order valence-corrected chi connectivity index (χ4v) is 3.08. The van der Waals surface area contributed by atoms with Crippen LogP contribution < -0.4 is 11.3 Å². The first-order valence-electron chi connectivity index (χ1n) is 6.32. The van der Waals surface area contributed by atoms with Crippen LogP contribution in [0.4, 0.5) is 11.4 Å². The average molecular weight is 304 g/mol. The van der Waals surface area contributed by atoms with Crippen LogP contribution in [0.15, 0.2) is 35.4 Å². The van der Waals surface area contributed by atoms with E-state index in [1.54, 1.807) is 6.07 Å². The zero-order valence-electron chi connectivity index (χ0n) is 11.8. The summed E-state index contributed by atoms with van der Waals surface area (Å²) in [5.41, 5.74) is 5.62. The van der Waals surface area contributed by atoms with E-state index >= 15 is 0 Å². The highest BCUT2D eigenvalue weighted by molar-refractivity contribution is 7.98. The van der Waals surface area contributed by atoms with Crippen LogP contribution >= 0.6 is 11.8 Å². The van der Waals surface area contributed by atoms with Crippen molar-refractivity contribution in [3.05, 3.63) is 57.3 Å². The van der Waals surface area contributed by atoms with Gasteiger partial charge in [0, 0.05) is 17.5 Å². The monoisotopic (exact) mass is 304 g/mol. The molecule has 21 heavy (non-hydrogen) atoms. The molecule has 6 nitrogen and oxygen atoms in total. The molecule has 0 amide bonds. The molecule has 0 saturated heterocycles. The molecule has 2 aromatic rings. The van der Waals surface area contributed by atoms with Crippen molar-refractivity contribution in [1.29, 1.82) is 0 Å². The number of nitrogens with zero attached hydrogens (tertiary/aromatic N) is 2. The van der Waals surface area contributed by atoms with Gasteiger partial charge in [-0.3, -0.25) is 16.0 Å². The number of nitro benzene ring substituents is 1. The first-order chi connectivity index (χ1) is 10.0. The number of benzene rings is 1. The number of aromatic nitrogens is 1. The number of hydrogen-bond donors (Lipinski definition) is 2. The largest absolute Gasteiger partial charge is 0.318 e. The van der Waals surface area contributed by atoms with Crippen LogP contribution in [0.2, 0.25) is 0 Å². The van der Waals surface area contributed by atoms with Gasteiger partial charge in [-0.15, -0.1) is 11.8 Å². The molecule has 0 spiro atoms. The maximum Gasteiger partial charge on any atom is 0.293 e. The van der Waals surface area contributed by atoms with Crippen molar-refractivity contribution in [3.63, 3.8) is 0 Å². The zero-order valence-corrected chi connectivity index (χ0v) is 12.6. The van der Waals surface area contributed by atoms with E-state index in [0.29, 0.717) is 11.4 Å². The van der Waals surface area contributed by atoms with Gasteiger partial charge in [0.2, 0.25) is 0 Å². The highest BCUT2D eigenvalue weighted by atomic mass is 32.2.